The Labute approximate surface area is 140 Å². The van der Waals surface area contributed by atoms with E-state index in [1.807, 2.05) is 24.3 Å². The van der Waals surface area contributed by atoms with Gasteiger partial charge in [0.1, 0.15) is 29.0 Å². The molecule has 6 nitrogen and oxygen atoms in total. The van der Waals surface area contributed by atoms with Gasteiger partial charge in [-0.25, -0.2) is 4.79 Å². The number of aliphatic hydroxyl groups is 1. The van der Waals surface area contributed by atoms with Gasteiger partial charge in [-0.05, 0) is 37.6 Å². The van der Waals surface area contributed by atoms with Gasteiger partial charge in [-0.2, -0.15) is 0 Å². The second-order valence-corrected chi connectivity index (χ2v) is 6.30. The van der Waals surface area contributed by atoms with Crippen molar-refractivity contribution in [3.63, 3.8) is 0 Å². The lowest BCUT2D eigenvalue weighted by atomic mass is 10.0. The fourth-order valence-electron chi connectivity index (χ4n) is 2.70. The van der Waals surface area contributed by atoms with Gasteiger partial charge in [0.15, 0.2) is 0 Å². The maximum Gasteiger partial charge on any atom is 0.315 e. The van der Waals surface area contributed by atoms with Crippen LogP contribution < -0.4 is 15.4 Å². The summed E-state index contributed by atoms with van der Waals surface area (Å²) in [5.41, 5.74) is -0.105. The molecule has 0 saturated carbocycles. The number of furan rings is 1. The number of hydrogen-bond donors (Lipinski definition) is 3. The fraction of sp³-hybridized carbons (Fsp3) is 0.389. The molecule has 1 aromatic heterocycles. The van der Waals surface area contributed by atoms with E-state index in [0.29, 0.717) is 18.1 Å². The van der Waals surface area contributed by atoms with Crippen LogP contribution in [-0.4, -0.2) is 30.3 Å². The molecule has 128 valence electrons. The summed E-state index contributed by atoms with van der Waals surface area (Å²) >= 11 is 0. The van der Waals surface area contributed by atoms with Crippen molar-refractivity contribution >= 4 is 6.03 Å². The molecule has 2 aromatic rings. The number of amides is 2. The largest absolute Gasteiger partial charge is 0.488 e. The Balaban J connectivity index is 1.44. The van der Waals surface area contributed by atoms with Crippen molar-refractivity contribution in [2.45, 2.75) is 32.0 Å². The minimum Gasteiger partial charge on any atom is -0.488 e. The summed E-state index contributed by atoms with van der Waals surface area (Å²) in [6, 6.07) is 11.0. The second kappa shape index (κ2) is 6.57. The highest BCUT2D eigenvalue weighted by Gasteiger charge is 2.28. The minimum atomic E-state index is -1.26. The van der Waals surface area contributed by atoms with Crippen LogP contribution in [0.2, 0.25) is 0 Å². The molecule has 0 bridgehead atoms. The Morgan fingerprint density at radius 3 is 2.79 bits per heavy atom. The average Bonchev–Trinajstić information content (AvgIpc) is 3.17. The van der Waals surface area contributed by atoms with Crippen molar-refractivity contribution in [1.29, 1.82) is 0 Å². The highest BCUT2D eigenvalue weighted by molar-refractivity contribution is 5.74. The van der Waals surface area contributed by atoms with Crippen molar-refractivity contribution in [2.24, 2.45) is 0 Å². The molecule has 3 N–H and O–H groups in total. The molecule has 0 spiro atoms. The third-order valence-electron chi connectivity index (χ3n) is 4.07. The summed E-state index contributed by atoms with van der Waals surface area (Å²) in [6.45, 7) is 3.86. The summed E-state index contributed by atoms with van der Waals surface area (Å²) in [5, 5.41) is 15.8. The molecule has 0 unspecified atom stereocenters. The smallest absolute Gasteiger partial charge is 0.315 e. The molecular formula is C18H22N2O4. The molecule has 1 aliphatic heterocycles. The van der Waals surface area contributed by atoms with Crippen molar-refractivity contribution < 1.29 is 19.1 Å². The Kier molecular flexibility index (Phi) is 4.49. The van der Waals surface area contributed by atoms with Crippen LogP contribution in [0.4, 0.5) is 4.79 Å². The molecule has 2 amide bonds. The third kappa shape index (κ3) is 3.71. The number of nitrogens with one attached hydrogen (secondary N) is 2. The van der Waals surface area contributed by atoms with Crippen LogP contribution in [0.25, 0.3) is 0 Å². The molecular weight excluding hydrogens is 308 g/mol. The van der Waals surface area contributed by atoms with E-state index in [0.717, 1.165) is 17.7 Å². The predicted molar refractivity (Wildman–Crippen MR) is 89.0 cm³/mol. The first-order valence-electron chi connectivity index (χ1n) is 7.99. The number of ether oxygens (including phenoxy) is 1. The molecule has 0 fully saturated rings. The van der Waals surface area contributed by atoms with E-state index in [2.05, 4.69) is 10.6 Å². The van der Waals surface area contributed by atoms with E-state index in [-0.39, 0.29) is 18.7 Å². The van der Waals surface area contributed by atoms with Crippen molar-refractivity contribution in [3.05, 3.63) is 53.5 Å². The first-order chi connectivity index (χ1) is 11.4. The average molecular weight is 330 g/mol. The van der Waals surface area contributed by atoms with E-state index in [9.17, 15) is 9.90 Å². The van der Waals surface area contributed by atoms with Crippen LogP contribution in [0.5, 0.6) is 5.75 Å². The molecule has 1 aromatic carbocycles. The molecule has 0 aliphatic carbocycles. The number of fused-ring (bicyclic) bond motifs is 1. The number of rotatable bonds is 5. The summed E-state index contributed by atoms with van der Waals surface area (Å²) in [4.78, 5) is 11.9. The summed E-state index contributed by atoms with van der Waals surface area (Å²) in [6.07, 6.45) is 0.709. The lowest BCUT2D eigenvalue weighted by Gasteiger charge is -2.21. The van der Waals surface area contributed by atoms with Crippen LogP contribution in [0.1, 0.15) is 24.0 Å². The molecule has 1 aliphatic rings. The van der Waals surface area contributed by atoms with Gasteiger partial charge in [0.25, 0.3) is 0 Å². The number of aryl methyl sites for hydroxylation is 1. The van der Waals surface area contributed by atoms with Gasteiger partial charge in [0, 0.05) is 6.42 Å². The van der Waals surface area contributed by atoms with E-state index >= 15 is 0 Å². The molecule has 3 rings (SSSR count). The SMILES string of the molecule is Cc1ccc([C@](C)(O)CNC(=O)NC[C@@H]2Cc3ccccc3O2)o1. The quantitative estimate of drug-likeness (QED) is 0.784. The third-order valence-corrected chi connectivity index (χ3v) is 4.07. The van der Waals surface area contributed by atoms with Gasteiger partial charge < -0.3 is 24.9 Å². The summed E-state index contributed by atoms with van der Waals surface area (Å²) < 4.78 is 11.2. The first-order valence-corrected chi connectivity index (χ1v) is 7.99. The number of carbonyl (C=O) groups excluding carboxylic acids is 1. The standard InChI is InChI=1S/C18H22N2O4/c1-12-7-8-16(23-12)18(2,22)11-20-17(21)19-10-14-9-13-5-3-4-6-15(13)24-14/h3-8,14,22H,9-11H2,1-2H3,(H2,19,20,21)/t14-,18+/m0/s1. The van der Waals surface area contributed by atoms with Crippen LogP contribution in [0, 0.1) is 6.92 Å². The van der Waals surface area contributed by atoms with Gasteiger partial charge in [-0.3, -0.25) is 0 Å². The zero-order valence-corrected chi connectivity index (χ0v) is 13.8. The Bertz CT molecular complexity index is 698. The molecule has 0 saturated heterocycles. The van der Waals surface area contributed by atoms with Crippen LogP contribution in [0.3, 0.4) is 0 Å². The van der Waals surface area contributed by atoms with Gasteiger partial charge in [0.05, 0.1) is 13.1 Å². The predicted octanol–water partition coefficient (Wildman–Crippen LogP) is 2.10. The van der Waals surface area contributed by atoms with Crippen LogP contribution in [-0.2, 0) is 12.0 Å². The lowest BCUT2D eigenvalue weighted by Crippen LogP contribution is -2.45. The maximum absolute atomic E-state index is 11.9. The van der Waals surface area contributed by atoms with Crippen LogP contribution >= 0.6 is 0 Å². The Hall–Kier alpha value is -2.47. The molecule has 2 atom stereocenters. The number of para-hydroxylation sites is 1. The van der Waals surface area contributed by atoms with Crippen molar-refractivity contribution in [2.75, 3.05) is 13.1 Å². The molecule has 24 heavy (non-hydrogen) atoms. The van der Waals surface area contributed by atoms with E-state index in [4.69, 9.17) is 9.15 Å². The van der Waals surface area contributed by atoms with Gasteiger partial charge in [-0.1, -0.05) is 18.2 Å². The highest BCUT2D eigenvalue weighted by Crippen LogP contribution is 2.27. The molecule has 0 radical (unpaired) electrons. The Morgan fingerprint density at radius 1 is 1.29 bits per heavy atom. The van der Waals surface area contributed by atoms with Crippen molar-refractivity contribution in [3.8, 4) is 5.75 Å². The number of carbonyl (C=O) groups is 1. The monoisotopic (exact) mass is 330 g/mol. The fourth-order valence-corrected chi connectivity index (χ4v) is 2.70. The van der Waals surface area contributed by atoms with Gasteiger partial charge >= 0.3 is 6.03 Å². The molecule has 2 heterocycles. The highest BCUT2D eigenvalue weighted by atomic mass is 16.5. The zero-order chi connectivity index (χ0) is 17.2. The van der Waals surface area contributed by atoms with E-state index < -0.39 is 5.60 Å². The zero-order valence-electron chi connectivity index (χ0n) is 13.8. The molecule has 6 heteroatoms. The normalized spacial score (nSPS) is 18.4. The number of urea groups is 1. The van der Waals surface area contributed by atoms with Gasteiger partial charge in [-0.15, -0.1) is 0 Å². The van der Waals surface area contributed by atoms with E-state index in [1.54, 1.807) is 26.0 Å². The topological polar surface area (TPSA) is 83.7 Å². The number of benzene rings is 1. The number of hydrogen-bond acceptors (Lipinski definition) is 4. The second-order valence-electron chi connectivity index (χ2n) is 6.30. The Morgan fingerprint density at radius 2 is 2.08 bits per heavy atom. The van der Waals surface area contributed by atoms with E-state index in [1.165, 1.54) is 0 Å². The summed E-state index contributed by atoms with van der Waals surface area (Å²) in [5.74, 6) is 2.02. The first kappa shape index (κ1) is 16.4. The summed E-state index contributed by atoms with van der Waals surface area (Å²) in [7, 11) is 0. The van der Waals surface area contributed by atoms with Crippen LogP contribution in [0.15, 0.2) is 40.8 Å². The maximum atomic E-state index is 11.9. The minimum absolute atomic E-state index is 0.0531. The van der Waals surface area contributed by atoms with Gasteiger partial charge in [0.2, 0.25) is 0 Å². The van der Waals surface area contributed by atoms with Crippen molar-refractivity contribution in [1.82, 2.24) is 10.6 Å². The lowest BCUT2D eigenvalue weighted by molar-refractivity contribution is 0.0359.